The Labute approximate surface area is 103 Å². The minimum atomic E-state index is -1.10. The molecule has 0 saturated carbocycles. The van der Waals surface area contributed by atoms with Gasteiger partial charge in [0, 0.05) is 6.54 Å². The normalized spacial score (nSPS) is 14.2. The van der Waals surface area contributed by atoms with Gasteiger partial charge in [-0.15, -0.1) is 0 Å². The van der Waals surface area contributed by atoms with Gasteiger partial charge in [-0.2, -0.15) is 0 Å². The van der Waals surface area contributed by atoms with E-state index in [9.17, 15) is 9.59 Å². The topological polar surface area (TPSA) is 75.6 Å². The number of carboxylic acids is 1. The van der Waals surface area contributed by atoms with Gasteiger partial charge in [0.2, 0.25) is 6.10 Å². The maximum atomic E-state index is 11.4. The van der Waals surface area contributed by atoms with Crippen molar-refractivity contribution in [2.45, 2.75) is 46.6 Å². The van der Waals surface area contributed by atoms with E-state index in [1.807, 2.05) is 27.7 Å². The van der Waals surface area contributed by atoms with Gasteiger partial charge in [0.05, 0.1) is 0 Å². The van der Waals surface area contributed by atoms with E-state index in [1.54, 1.807) is 0 Å². The van der Waals surface area contributed by atoms with Crippen molar-refractivity contribution >= 4 is 12.1 Å². The molecule has 0 spiro atoms. The predicted octanol–water partition coefficient (Wildman–Crippen LogP) is 2.26. The monoisotopic (exact) mass is 245 g/mol. The third kappa shape index (κ3) is 7.60. The highest BCUT2D eigenvalue weighted by Gasteiger charge is 2.23. The van der Waals surface area contributed by atoms with Crippen LogP contribution in [-0.4, -0.2) is 29.8 Å². The van der Waals surface area contributed by atoms with Crippen LogP contribution in [0, 0.1) is 11.8 Å². The molecule has 17 heavy (non-hydrogen) atoms. The molecule has 0 aromatic carbocycles. The molecule has 0 aliphatic rings. The number of carbonyl (C=O) groups excluding carboxylic acids is 1. The van der Waals surface area contributed by atoms with E-state index < -0.39 is 18.2 Å². The van der Waals surface area contributed by atoms with Gasteiger partial charge in [0.15, 0.2) is 0 Å². The number of rotatable bonds is 7. The lowest BCUT2D eigenvalue weighted by Crippen LogP contribution is -2.35. The van der Waals surface area contributed by atoms with Crippen LogP contribution in [0.25, 0.3) is 0 Å². The summed E-state index contributed by atoms with van der Waals surface area (Å²) in [5.74, 6) is -0.577. The number of hydrogen-bond donors (Lipinski definition) is 2. The third-order valence-corrected chi connectivity index (χ3v) is 2.50. The van der Waals surface area contributed by atoms with Crippen LogP contribution in [0.3, 0.4) is 0 Å². The lowest BCUT2D eigenvalue weighted by atomic mass is 10.1. The minimum absolute atomic E-state index is 0.165. The molecule has 0 aromatic rings. The van der Waals surface area contributed by atoms with Crippen molar-refractivity contribution in [3.05, 3.63) is 0 Å². The second-order valence-electron chi connectivity index (χ2n) is 4.76. The van der Waals surface area contributed by atoms with Crippen LogP contribution in [0.4, 0.5) is 4.79 Å². The number of amides is 1. The van der Waals surface area contributed by atoms with E-state index in [0.29, 0.717) is 18.9 Å². The lowest BCUT2D eigenvalue weighted by molar-refractivity contribution is -0.147. The molecular formula is C12H23NO4. The van der Waals surface area contributed by atoms with Crippen molar-refractivity contribution in [1.29, 1.82) is 0 Å². The largest absolute Gasteiger partial charge is 0.479 e. The number of nitrogens with one attached hydrogen (secondary N) is 1. The Morgan fingerprint density at radius 3 is 2.29 bits per heavy atom. The first-order valence-electron chi connectivity index (χ1n) is 6.04. The number of carboxylic acid groups (broad SMARTS) is 1. The summed E-state index contributed by atoms with van der Waals surface area (Å²) in [4.78, 5) is 22.2. The van der Waals surface area contributed by atoms with Gasteiger partial charge in [0.1, 0.15) is 0 Å². The number of alkyl carbamates (subject to hydrolysis) is 1. The molecule has 2 unspecified atom stereocenters. The number of aliphatic carboxylic acids is 1. The molecule has 0 bridgehead atoms. The summed E-state index contributed by atoms with van der Waals surface area (Å²) in [6, 6.07) is 0. The fraction of sp³-hybridized carbons (Fsp3) is 0.833. The van der Waals surface area contributed by atoms with Crippen LogP contribution in [0.5, 0.6) is 0 Å². The molecule has 5 nitrogen and oxygen atoms in total. The standard InChI is InChI=1S/C12H23NO4/c1-5-9(4)7-13-12(16)17-10(11(14)15)6-8(2)3/h8-10H,5-7H2,1-4H3,(H,13,16)(H,14,15). The first kappa shape index (κ1) is 15.7. The number of ether oxygens (including phenoxy) is 1. The molecule has 100 valence electrons. The fourth-order valence-electron chi connectivity index (χ4n) is 1.20. The van der Waals surface area contributed by atoms with E-state index >= 15 is 0 Å². The van der Waals surface area contributed by atoms with Crippen LogP contribution in [0.2, 0.25) is 0 Å². The molecule has 0 aromatic heterocycles. The summed E-state index contributed by atoms with van der Waals surface area (Å²) in [6.45, 7) is 8.30. The quantitative estimate of drug-likeness (QED) is 0.721. The van der Waals surface area contributed by atoms with Crippen molar-refractivity contribution in [3.63, 3.8) is 0 Å². The van der Waals surface area contributed by atoms with Crippen molar-refractivity contribution in [3.8, 4) is 0 Å². The molecule has 0 saturated heterocycles. The van der Waals surface area contributed by atoms with Gasteiger partial charge in [-0.1, -0.05) is 34.1 Å². The molecule has 0 aliphatic carbocycles. The highest BCUT2D eigenvalue weighted by molar-refractivity contribution is 5.77. The summed E-state index contributed by atoms with van der Waals surface area (Å²) >= 11 is 0. The number of hydrogen-bond acceptors (Lipinski definition) is 3. The van der Waals surface area contributed by atoms with E-state index in [2.05, 4.69) is 5.32 Å². The van der Waals surface area contributed by atoms with Crippen LogP contribution in [-0.2, 0) is 9.53 Å². The Morgan fingerprint density at radius 1 is 1.29 bits per heavy atom. The van der Waals surface area contributed by atoms with Crippen LogP contribution < -0.4 is 5.32 Å². The van der Waals surface area contributed by atoms with Gasteiger partial charge < -0.3 is 15.2 Å². The zero-order chi connectivity index (χ0) is 13.4. The molecule has 2 atom stereocenters. The highest BCUT2D eigenvalue weighted by atomic mass is 16.6. The zero-order valence-corrected chi connectivity index (χ0v) is 11.0. The molecule has 0 rings (SSSR count). The first-order valence-corrected chi connectivity index (χ1v) is 6.04. The maximum Gasteiger partial charge on any atom is 0.407 e. The molecule has 1 amide bonds. The van der Waals surface area contributed by atoms with E-state index in [0.717, 1.165) is 6.42 Å². The minimum Gasteiger partial charge on any atom is -0.479 e. The van der Waals surface area contributed by atoms with Gasteiger partial charge >= 0.3 is 12.1 Å². The summed E-state index contributed by atoms with van der Waals surface area (Å²) in [5.41, 5.74) is 0. The van der Waals surface area contributed by atoms with Crippen molar-refractivity contribution in [2.75, 3.05) is 6.54 Å². The van der Waals surface area contributed by atoms with E-state index in [1.165, 1.54) is 0 Å². The van der Waals surface area contributed by atoms with E-state index in [4.69, 9.17) is 9.84 Å². The second-order valence-corrected chi connectivity index (χ2v) is 4.76. The van der Waals surface area contributed by atoms with Crippen molar-refractivity contribution < 1.29 is 19.4 Å². The Morgan fingerprint density at radius 2 is 1.88 bits per heavy atom. The van der Waals surface area contributed by atoms with Gasteiger partial charge in [-0.05, 0) is 18.3 Å². The summed E-state index contributed by atoms with van der Waals surface area (Å²) in [6.07, 6.45) is -0.439. The molecule has 2 N–H and O–H groups in total. The number of carbonyl (C=O) groups is 2. The van der Waals surface area contributed by atoms with Crippen molar-refractivity contribution in [2.24, 2.45) is 11.8 Å². The molecule has 5 heteroatoms. The Kier molecular flexibility index (Phi) is 7.34. The van der Waals surface area contributed by atoms with Gasteiger partial charge in [-0.3, -0.25) is 0 Å². The third-order valence-electron chi connectivity index (χ3n) is 2.50. The molecule has 0 heterocycles. The SMILES string of the molecule is CCC(C)CNC(=O)OC(CC(C)C)C(=O)O. The van der Waals surface area contributed by atoms with Crippen LogP contribution in [0.15, 0.2) is 0 Å². The van der Waals surface area contributed by atoms with E-state index in [-0.39, 0.29) is 5.92 Å². The molecule has 0 aliphatic heterocycles. The Bertz CT molecular complexity index is 253. The Hall–Kier alpha value is -1.26. The molecule has 0 fully saturated rings. The zero-order valence-electron chi connectivity index (χ0n) is 11.0. The summed E-state index contributed by atoms with van der Waals surface area (Å²) in [5, 5.41) is 11.5. The second kappa shape index (κ2) is 7.92. The fourth-order valence-corrected chi connectivity index (χ4v) is 1.20. The average Bonchev–Trinajstić information content (AvgIpc) is 2.24. The summed E-state index contributed by atoms with van der Waals surface area (Å²) in [7, 11) is 0. The molecule has 0 radical (unpaired) electrons. The predicted molar refractivity (Wildman–Crippen MR) is 64.8 cm³/mol. The van der Waals surface area contributed by atoms with Gasteiger partial charge in [-0.25, -0.2) is 9.59 Å². The highest BCUT2D eigenvalue weighted by Crippen LogP contribution is 2.09. The molecular weight excluding hydrogens is 222 g/mol. The average molecular weight is 245 g/mol. The lowest BCUT2D eigenvalue weighted by Gasteiger charge is -2.17. The van der Waals surface area contributed by atoms with Crippen molar-refractivity contribution in [1.82, 2.24) is 5.32 Å². The van der Waals surface area contributed by atoms with Crippen LogP contribution >= 0.6 is 0 Å². The smallest absolute Gasteiger partial charge is 0.407 e. The Balaban J connectivity index is 4.08. The van der Waals surface area contributed by atoms with Crippen LogP contribution in [0.1, 0.15) is 40.5 Å². The summed E-state index contributed by atoms with van der Waals surface area (Å²) < 4.78 is 4.87. The van der Waals surface area contributed by atoms with Gasteiger partial charge in [0.25, 0.3) is 0 Å². The first-order chi connectivity index (χ1) is 7.86. The maximum absolute atomic E-state index is 11.4.